The summed E-state index contributed by atoms with van der Waals surface area (Å²) < 4.78 is 24.3. The fourth-order valence-corrected chi connectivity index (χ4v) is 3.49. The molecule has 4 rings (SSSR count). The van der Waals surface area contributed by atoms with Crippen LogP contribution in [0.3, 0.4) is 0 Å². The van der Waals surface area contributed by atoms with Crippen LogP contribution in [0.1, 0.15) is 12.5 Å². The number of benzene rings is 2. The topological polar surface area (TPSA) is 97.0 Å². The summed E-state index contributed by atoms with van der Waals surface area (Å²) in [7, 11) is 0. The van der Waals surface area contributed by atoms with Gasteiger partial charge in [0.1, 0.15) is 31.1 Å². The molecule has 1 fully saturated rings. The number of amides is 4. The highest BCUT2D eigenvalue weighted by molar-refractivity contribution is 6.31. The van der Waals surface area contributed by atoms with Gasteiger partial charge in [-0.3, -0.25) is 14.5 Å². The maximum absolute atomic E-state index is 13.3. The Labute approximate surface area is 175 Å². The highest BCUT2D eigenvalue weighted by Crippen LogP contribution is 2.36. The van der Waals surface area contributed by atoms with Gasteiger partial charge in [0, 0.05) is 5.69 Å². The minimum absolute atomic E-state index is 0.158. The molecule has 0 saturated carbocycles. The van der Waals surface area contributed by atoms with E-state index in [0.29, 0.717) is 30.3 Å². The van der Waals surface area contributed by atoms with Gasteiger partial charge in [-0.15, -0.1) is 0 Å². The monoisotopic (exact) mass is 433 g/mol. The van der Waals surface area contributed by atoms with Gasteiger partial charge in [0.25, 0.3) is 5.91 Å². The first-order chi connectivity index (χ1) is 14.3. The van der Waals surface area contributed by atoms with Gasteiger partial charge in [0.05, 0.1) is 5.02 Å². The number of halogens is 2. The van der Waals surface area contributed by atoms with Gasteiger partial charge >= 0.3 is 6.03 Å². The Morgan fingerprint density at radius 1 is 1.20 bits per heavy atom. The van der Waals surface area contributed by atoms with E-state index in [1.807, 2.05) is 0 Å². The normalized spacial score (nSPS) is 20.2. The van der Waals surface area contributed by atoms with Gasteiger partial charge in [-0.1, -0.05) is 17.7 Å². The lowest BCUT2D eigenvalue weighted by molar-refractivity contribution is -0.133. The molecule has 2 heterocycles. The molecule has 2 aliphatic heterocycles. The largest absolute Gasteiger partial charge is 0.486 e. The van der Waals surface area contributed by atoms with Crippen LogP contribution in [-0.2, 0) is 15.1 Å². The molecule has 0 aromatic heterocycles. The molecule has 156 valence electrons. The number of urea groups is 1. The second-order valence-corrected chi connectivity index (χ2v) is 7.39. The molecule has 2 aromatic rings. The average molecular weight is 434 g/mol. The minimum atomic E-state index is -1.37. The van der Waals surface area contributed by atoms with Crippen LogP contribution in [0.2, 0.25) is 5.02 Å². The second-order valence-electron chi connectivity index (χ2n) is 6.98. The Kier molecular flexibility index (Phi) is 4.98. The van der Waals surface area contributed by atoms with Gasteiger partial charge < -0.3 is 20.1 Å². The first kappa shape index (κ1) is 20.0. The third-order valence-corrected chi connectivity index (χ3v) is 5.19. The number of rotatable bonds is 4. The van der Waals surface area contributed by atoms with Gasteiger partial charge in [0.15, 0.2) is 11.5 Å². The van der Waals surface area contributed by atoms with Crippen molar-refractivity contribution in [2.45, 2.75) is 12.5 Å². The number of anilines is 1. The number of hydrogen-bond donors (Lipinski definition) is 2. The number of carbonyl (C=O) groups is 3. The molecule has 0 aliphatic carbocycles. The van der Waals surface area contributed by atoms with Crippen molar-refractivity contribution in [1.82, 2.24) is 10.2 Å². The number of imide groups is 1. The van der Waals surface area contributed by atoms with Crippen molar-refractivity contribution >= 4 is 35.1 Å². The Morgan fingerprint density at radius 3 is 2.67 bits per heavy atom. The SMILES string of the molecule is C[C@@]1(c2ccc3c(c2)OCCO3)NC(=O)N(CC(=O)Nc2ccc(F)c(Cl)c2)C1=O. The Morgan fingerprint density at radius 2 is 1.93 bits per heavy atom. The lowest BCUT2D eigenvalue weighted by Crippen LogP contribution is -2.42. The van der Waals surface area contributed by atoms with Crippen molar-refractivity contribution in [1.29, 1.82) is 0 Å². The summed E-state index contributed by atoms with van der Waals surface area (Å²) in [4.78, 5) is 38.6. The zero-order chi connectivity index (χ0) is 21.5. The second kappa shape index (κ2) is 7.49. The molecule has 1 atom stereocenters. The highest BCUT2D eigenvalue weighted by atomic mass is 35.5. The van der Waals surface area contributed by atoms with Crippen molar-refractivity contribution in [3.63, 3.8) is 0 Å². The van der Waals surface area contributed by atoms with E-state index in [4.69, 9.17) is 21.1 Å². The number of nitrogens with one attached hydrogen (secondary N) is 2. The molecule has 4 amide bonds. The predicted octanol–water partition coefficient (Wildman–Crippen LogP) is 2.66. The molecular formula is C20H17ClFN3O5. The number of ether oxygens (including phenoxy) is 2. The molecule has 2 aromatic carbocycles. The third-order valence-electron chi connectivity index (χ3n) is 4.90. The lowest BCUT2D eigenvalue weighted by Gasteiger charge is -2.25. The van der Waals surface area contributed by atoms with Crippen LogP contribution in [0.4, 0.5) is 14.9 Å². The van der Waals surface area contributed by atoms with Crippen molar-refractivity contribution in [3.8, 4) is 11.5 Å². The van der Waals surface area contributed by atoms with Gasteiger partial charge in [-0.25, -0.2) is 9.18 Å². The van der Waals surface area contributed by atoms with Crippen molar-refractivity contribution in [2.24, 2.45) is 0 Å². The first-order valence-electron chi connectivity index (χ1n) is 9.07. The zero-order valence-corrected chi connectivity index (χ0v) is 16.6. The van der Waals surface area contributed by atoms with Gasteiger partial charge in [-0.05, 0) is 42.8 Å². The predicted molar refractivity (Wildman–Crippen MR) is 105 cm³/mol. The van der Waals surface area contributed by atoms with Crippen LogP contribution in [0.5, 0.6) is 11.5 Å². The summed E-state index contributed by atoms with van der Waals surface area (Å²) in [6.07, 6.45) is 0. The minimum Gasteiger partial charge on any atom is -0.486 e. The summed E-state index contributed by atoms with van der Waals surface area (Å²) in [6, 6.07) is 7.92. The summed E-state index contributed by atoms with van der Waals surface area (Å²) in [5.41, 5.74) is -0.627. The Bertz CT molecular complexity index is 1060. The molecule has 2 aliphatic rings. The molecule has 30 heavy (non-hydrogen) atoms. The summed E-state index contributed by atoms with van der Waals surface area (Å²) in [5, 5.41) is 4.96. The standard InChI is InChI=1S/C20H17ClFN3O5/c1-20(11-2-5-15-16(8-11)30-7-6-29-15)18(27)25(19(28)24-20)10-17(26)23-12-3-4-14(22)13(21)9-12/h2-5,8-9H,6-7,10H2,1H3,(H,23,26)(H,24,28)/t20-/m0/s1. The molecule has 0 spiro atoms. The molecule has 10 heteroatoms. The molecule has 0 unspecified atom stereocenters. The molecule has 0 bridgehead atoms. The number of carbonyl (C=O) groups excluding carboxylic acids is 3. The Hall–Kier alpha value is -3.33. The van der Waals surface area contributed by atoms with Gasteiger partial charge in [0.2, 0.25) is 5.91 Å². The van der Waals surface area contributed by atoms with Crippen LogP contribution in [0, 0.1) is 5.82 Å². The van der Waals surface area contributed by atoms with E-state index in [1.165, 1.54) is 12.1 Å². The number of fused-ring (bicyclic) bond motifs is 1. The van der Waals surface area contributed by atoms with E-state index < -0.39 is 35.7 Å². The molecule has 0 radical (unpaired) electrons. The van der Waals surface area contributed by atoms with Crippen LogP contribution in [0.25, 0.3) is 0 Å². The van der Waals surface area contributed by atoms with E-state index in [0.717, 1.165) is 11.0 Å². The van der Waals surface area contributed by atoms with Crippen molar-refractivity contribution in [3.05, 3.63) is 52.8 Å². The van der Waals surface area contributed by atoms with E-state index in [1.54, 1.807) is 25.1 Å². The van der Waals surface area contributed by atoms with Crippen molar-refractivity contribution < 1.29 is 28.2 Å². The third kappa shape index (κ3) is 3.52. The number of hydrogen-bond acceptors (Lipinski definition) is 5. The fourth-order valence-electron chi connectivity index (χ4n) is 3.31. The van der Waals surface area contributed by atoms with E-state index in [-0.39, 0.29) is 10.7 Å². The highest BCUT2D eigenvalue weighted by Gasteiger charge is 2.49. The van der Waals surface area contributed by atoms with Crippen LogP contribution in [0.15, 0.2) is 36.4 Å². The van der Waals surface area contributed by atoms with E-state index >= 15 is 0 Å². The maximum atomic E-state index is 13.3. The number of nitrogens with zero attached hydrogens (tertiary/aromatic N) is 1. The summed E-state index contributed by atoms with van der Waals surface area (Å²) in [5.74, 6) is -0.811. The lowest BCUT2D eigenvalue weighted by atomic mass is 9.91. The van der Waals surface area contributed by atoms with Crippen molar-refractivity contribution in [2.75, 3.05) is 25.1 Å². The quantitative estimate of drug-likeness (QED) is 0.722. The van der Waals surface area contributed by atoms with Crippen LogP contribution in [-0.4, -0.2) is 42.5 Å². The summed E-state index contributed by atoms with van der Waals surface area (Å²) >= 11 is 5.70. The fraction of sp³-hybridized carbons (Fsp3) is 0.250. The molecule has 8 nitrogen and oxygen atoms in total. The van der Waals surface area contributed by atoms with E-state index in [9.17, 15) is 18.8 Å². The van der Waals surface area contributed by atoms with Gasteiger partial charge in [-0.2, -0.15) is 0 Å². The zero-order valence-electron chi connectivity index (χ0n) is 15.8. The van der Waals surface area contributed by atoms with Crippen LogP contribution >= 0.6 is 11.6 Å². The summed E-state index contributed by atoms with van der Waals surface area (Å²) in [6.45, 7) is 1.85. The van der Waals surface area contributed by atoms with Crippen LogP contribution < -0.4 is 20.1 Å². The smallest absolute Gasteiger partial charge is 0.325 e. The molecule has 2 N–H and O–H groups in total. The maximum Gasteiger partial charge on any atom is 0.325 e. The molecular weight excluding hydrogens is 417 g/mol. The Balaban J connectivity index is 1.50. The first-order valence-corrected chi connectivity index (χ1v) is 9.45. The molecule has 1 saturated heterocycles. The average Bonchev–Trinajstić information content (AvgIpc) is 2.94. The van der Waals surface area contributed by atoms with E-state index in [2.05, 4.69) is 10.6 Å².